The molecule has 6 nitrogen and oxygen atoms in total. The summed E-state index contributed by atoms with van der Waals surface area (Å²) in [6.07, 6.45) is 1.87. The highest BCUT2D eigenvalue weighted by atomic mass is 16.2. The van der Waals surface area contributed by atoms with Gasteiger partial charge in [0.25, 0.3) is 5.91 Å². The lowest BCUT2D eigenvalue weighted by Crippen LogP contribution is -2.47. The molecule has 4 amide bonds. The van der Waals surface area contributed by atoms with Crippen LogP contribution in [0, 0.1) is 0 Å². The van der Waals surface area contributed by atoms with Gasteiger partial charge in [-0.05, 0) is 18.9 Å². The van der Waals surface area contributed by atoms with Crippen molar-refractivity contribution in [2.45, 2.75) is 38.6 Å². The lowest BCUT2D eigenvalue weighted by atomic mass is 9.92. The zero-order valence-corrected chi connectivity index (χ0v) is 12.2. The van der Waals surface area contributed by atoms with Gasteiger partial charge in [0.2, 0.25) is 5.91 Å². The SMILES string of the molecule is CCCCC(=O)NN1C(=O)NC(C)(c2ccccc2)C1=O. The lowest BCUT2D eigenvalue weighted by molar-refractivity contribution is -0.139. The Hall–Kier alpha value is -2.37. The average molecular weight is 289 g/mol. The predicted molar refractivity (Wildman–Crippen MR) is 76.8 cm³/mol. The van der Waals surface area contributed by atoms with Gasteiger partial charge in [-0.2, -0.15) is 5.01 Å². The van der Waals surface area contributed by atoms with Crippen LogP contribution >= 0.6 is 0 Å². The van der Waals surface area contributed by atoms with E-state index >= 15 is 0 Å². The molecule has 0 saturated carbocycles. The first-order valence-electron chi connectivity index (χ1n) is 7.00. The number of carbonyl (C=O) groups is 3. The highest BCUT2D eigenvalue weighted by molar-refractivity contribution is 6.08. The van der Waals surface area contributed by atoms with Crippen LogP contribution in [0.15, 0.2) is 30.3 Å². The first kappa shape index (κ1) is 15.0. The summed E-state index contributed by atoms with van der Waals surface area (Å²) in [5.74, 6) is -0.818. The molecular weight excluding hydrogens is 270 g/mol. The second-order valence-corrected chi connectivity index (χ2v) is 5.20. The summed E-state index contributed by atoms with van der Waals surface area (Å²) in [5.41, 5.74) is 1.89. The largest absolute Gasteiger partial charge is 0.344 e. The molecule has 0 bridgehead atoms. The van der Waals surface area contributed by atoms with Crippen LogP contribution in [-0.4, -0.2) is 22.9 Å². The van der Waals surface area contributed by atoms with E-state index in [1.165, 1.54) is 0 Å². The van der Waals surface area contributed by atoms with Crippen molar-refractivity contribution in [3.8, 4) is 0 Å². The Balaban J connectivity index is 2.15. The summed E-state index contributed by atoms with van der Waals surface area (Å²) in [6, 6.07) is 8.33. The van der Waals surface area contributed by atoms with Gasteiger partial charge in [0, 0.05) is 6.42 Å². The molecule has 1 aliphatic heterocycles. The van der Waals surface area contributed by atoms with E-state index < -0.39 is 17.5 Å². The first-order valence-corrected chi connectivity index (χ1v) is 7.00. The molecule has 1 saturated heterocycles. The van der Waals surface area contributed by atoms with Crippen molar-refractivity contribution in [2.75, 3.05) is 0 Å². The zero-order valence-electron chi connectivity index (χ0n) is 12.2. The maximum atomic E-state index is 12.5. The average Bonchev–Trinajstić information content (AvgIpc) is 2.70. The van der Waals surface area contributed by atoms with Crippen LogP contribution in [0.3, 0.4) is 0 Å². The Morgan fingerprint density at radius 3 is 2.57 bits per heavy atom. The van der Waals surface area contributed by atoms with Crippen molar-refractivity contribution in [1.82, 2.24) is 15.8 Å². The van der Waals surface area contributed by atoms with E-state index in [0.29, 0.717) is 12.0 Å². The van der Waals surface area contributed by atoms with Crippen LogP contribution in [0.5, 0.6) is 0 Å². The Morgan fingerprint density at radius 1 is 1.29 bits per heavy atom. The standard InChI is InChI=1S/C15H19N3O3/c1-3-4-10-12(19)17-18-13(20)15(2,16-14(18)21)11-8-6-5-7-9-11/h5-9H,3-4,10H2,1-2H3,(H,16,21)(H,17,19). The van der Waals surface area contributed by atoms with Crippen molar-refractivity contribution in [2.24, 2.45) is 0 Å². The molecule has 1 unspecified atom stereocenters. The molecule has 2 N–H and O–H groups in total. The minimum Gasteiger partial charge on any atom is -0.318 e. The minimum absolute atomic E-state index is 0.287. The molecule has 2 rings (SSSR count). The number of hydrogen-bond donors (Lipinski definition) is 2. The van der Waals surface area contributed by atoms with Crippen LogP contribution < -0.4 is 10.7 Å². The number of nitrogens with one attached hydrogen (secondary N) is 2. The van der Waals surface area contributed by atoms with E-state index in [1.807, 2.05) is 13.0 Å². The Kier molecular flexibility index (Phi) is 4.26. The minimum atomic E-state index is -1.16. The van der Waals surface area contributed by atoms with Gasteiger partial charge < -0.3 is 5.32 Å². The number of benzene rings is 1. The summed E-state index contributed by atoms with van der Waals surface area (Å²) in [5, 5.41) is 3.40. The van der Waals surface area contributed by atoms with Crippen LogP contribution in [0.1, 0.15) is 38.7 Å². The molecule has 1 fully saturated rings. The molecule has 1 aromatic carbocycles. The van der Waals surface area contributed by atoms with E-state index in [4.69, 9.17) is 0 Å². The Labute approximate surface area is 123 Å². The summed E-state index contributed by atoms with van der Waals surface area (Å²) in [4.78, 5) is 36.1. The number of hydrogen-bond acceptors (Lipinski definition) is 3. The van der Waals surface area contributed by atoms with Crippen molar-refractivity contribution in [1.29, 1.82) is 0 Å². The molecule has 0 aliphatic carbocycles. The third-order valence-corrected chi connectivity index (χ3v) is 3.54. The van der Waals surface area contributed by atoms with E-state index in [1.54, 1.807) is 31.2 Å². The van der Waals surface area contributed by atoms with Gasteiger partial charge in [0.1, 0.15) is 5.54 Å². The van der Waals surface area contributed by atoms with Gasteiger partial charge in [0.15, 0.2) is 0 Å². The smallest absolute Gasteiger partial charge is 0.318 e. The summed E-state index contributed by atoms with van der Waals surface area (Å²) >= 11 is 0. The number of rotatable bonds is 5. The number of urea groups is 1. The van der Waals surface area contributed by atoms with Crippen LogP contribution in [0.2, 0.25) is 0 Å². The quantitative estimate of drug-likeness (QED) is 0.809. The fraction of sp³-hybridized carbons (Fsp3) is 0.400. The number of imide groups is 1. The maximum absolute atomic E-state index is 12.5. The van der Waals surface area contributed by atoms with E-state index in [2.05, 4.69) is 10.7 Å². The van der Waals surface area contributed by atoms with Crippen LogP contribution in [0.4, 0.5) is 4.79 Å². The summed E-state index contributed by atoms with van der Waals surface area (Å²) in [7, 11) is 0. The molecule has 21 heavy (non-hydrogen) atoms. The number of amides is 4. The van der Waals surface area contributed by atoms with Gasteiger partial charge in [-0.1, -0.05) is 43.7 Å². The fourth-order valence-corrected chi connectivity index (χ4v) is 2.23. The number of unbranched alkanes of at least 4 members (excludes halogenated alkanes) is 1. The number of hydrazine groups is 1. The highest BCUT2D eigenvalue weighted by Crippen LogP contribution is 2.27. The fourth-order valence-electron chi connectivity index (χ4n) is 2.23. The summed E-state index contributed by atoms with van der Waals surface area (Å²) in [6.45, 7) is 3.59. The maximum Gasteiger partial charge on any atom is 0.344 e. The molecule has 0 radical (unpaired) electrons. The monoisotopic (exact) mass is 289 g/mol. The van der Waals surface area contributed by atoms with Crippen molar-refractivity contribution in [3.63, 3.8) is 0 Å². The number of nitrogens with zero attached hydrogens (tertiary/aromatic N) is 1. The van der Waals surface area contributed by atoms with E-state index in [9.17, 15) is 14.4 Å². The Morgan fingerprint density at radius 2 is 1.95 bits per heavy atom. The molecule has 1 heterocycles. The second kappa shape index (κ2) is 5.95. The van der Waals surface area contributed by atoms with Crippen LogP contribution in [0.25, 0.3) is 0 Å². The predicted octanol–water partition coefficient (Wildman–Crippen LogP) is 1.68. The normalized spacial score (nSPS) is 21.3. The molecule has 6 heteroatoms. The van der Waals surface area contributed by atoms with E-state index in [-0.39, 0.29) is 12.3 Å². The molecule has 1 aromatic rings. The Bertz CT molecular complexity index is 559. The van der Waals surface area contributed by atoms with Gasteiger partial charge in [0.05, 0.1) is 0 Å². The molecule has 1 aliphatic rings. The second-order valence-electron chi connectivity index (χ2n) is 5.20. The molecule has 1 atom stereocenters. The third kappa shape index (κ3) is 2.89. The third-order valence-electron chi connectivity index (χ3n) is 3.54. The lowest BCUT2D eigenvalue weighted by Gasteiger charge is -2.22. The van der Waals surface area contributed by atoms with Crippen molar-refractivity contribution in [3.05, 3.63) is 35.9 Å². The van der Waals surface area contributed by atoms with Crippen LogP contribution in [-0.2, 0) is 15.1 Å². The number of carbonyl (C=O) groups excluding carboxylic acids is 3. The van der Waals surface area contributed by atoms with Crippen molar-refractivity contribution < 1.29 is 14.4 Å². The van der Waals surface area contributed by atoms with Gasteiger partial charge in [-0.3, -0.25) is 15.0 Å². The molecule has 112 valence electrons. The van der Waals surface area contributed by atoms with Gasteiger partial charge in [-0.15, -0.1) is 0 Å². The van der Waals surface area contributed by atoms with E-state index in [0.717, 1.165) is 11.4 Å². The topological polar surface area (TPSA) is 78.5 Å². The molecular formula is C15H19N3O3. The van der Waals surface area contributed by atoms with Gasteiger partial charge >= 0.3 is 6.03 Å². The summed E-state index contributed by atoms with van der Waals surface area (Å²) < 4.78 is 0. The molecule has 0 spiro atoms. The first-order chi connectivity index (χ1) is 9.99. The van der Waals surface area contributed by atoms with Gasteiger partial charge in [-0.25, -0.2) is 4.79 Å². The molecule has 0 aromatic heterocycles. The highest BCUT2D eigenvalue weighted by Gasteiger charge is 2.49. The van der Waals surface area contributed by atoms with Crippen molar-refractivity contribution >= 4 is 17.8 Å². The zero-order chi connectivity index (χ0) is 15.5.